The van der Waals surface area contributed by atoms with E-state index in [9.17, 15) is 8.42 Å². The molecule has 0 bridgehead atoms. The Morgan fingerprint density at radius 1 is 1.04 bits per heavy atom. The Morgan fingerprint density at radius 3 is 2.35 bits per heavy atom. The number of nitrogens with one attached hydrogen (secondary N) is 1. The molecule has 1 aromatic heterocycles. The van der Waals surface area contributed by atoms with Crippen LogP contribution < -0.4 is 9.62 Å². The predicted molar refractivity (Wildman–Crippen MR) is 95.7 cm³/mol. The van der Waals surface area contributed by atoms with E-state index in [1.165, 1.54) is 0 Å². The molecule has 0 fully saturated rings. The van der Waals surface area contributed by atoms with Gasteiger partial charge in [-0.1, -0.05) is 31.5 Å². The van der Waals surface area contributed by atoms with Crippen molar-refractivity contribution in [3.63, 3.8) is 0 Å². The van der Waals surface area contributed by atoms with Crippen LogP contribution >= 0.6 is 0 Å². The van der Waals surface area contributed by atoms with E-state index in [-0.39, 0.29) is 5.75 Å². The molecular weight excluding hydrogens is 310 g/mol. The fourth-order valence-electron chi connectivity index (χ4n) is 2.27. The van der Waals surface area contributed by atoms with Gasteiger partial charge in [0.1, 0.15) is 5.82 Å². The summed E-state index contributed by atoms with van der Waals surface area (Å²) in [4.78, 5) is 6.35. The van der Waals surface area contributed by atoms with Crippen molar-refractivity contribution < 1.29 is 8.42 Å². The molecule has 2 aromatic rings. The Balaban J connectivity index is 2.12. The first kappa shape index (κ1) is 17.3. The van der Waals surface area contributed by atoms with Crippen molar-refractivity contribution in [2.24, 2.45) is 0 Å². The Morgan fingerprint density at radius 2 is 1.78 bits per heavy atom. The van der Waals surface area contributed by atoms with Crippen molar-refractivity contribution >= 4 is 27.2 Å². The van der Waals surface area contributed by atoms with Gasteiger partial charge in [-0.15, -0.1) is 0 Å². The zero-order valence-corrected chi connectivity index (χ0v) is 14.4. The number of aromatic nitrogens is 1. The zero-order valence-electron chi connectivity index (χ0n) is 13.6. The van der Waals surface area contributed by atoms with E-state index < -0.39 is 10.0 Å². The van der Waals surface area contributed by atoms with Crippen molar-refractivity contribution in [2.45, 2.75) is 26.7 Å². The van der Waals surface area contributed by atoms with Crippen LogP contribution in [0, 0.1) is 0 Å². The predicted octanol–water partition coefficient (Wildman–Crippen LogP) is 3.78. The van der Waals surface area contributed by atoms with Crippen molar-refractivity contribution in [3.8, 4) is 0 Å². The van der Waals surface area contributed by atoms with Gasteiger partial charge in [0.2, 0.25) is 10.0 Å². The minimum Gasteiger partial charge on any atom is -0.341 e. The number of sulfonamides is 1. The molecule has 0 aliphatic heterocycles. The molecule has 1 aromatic carbocycles. The number of benzene rings is 1. The molecule has 2 rings (SSSR count). The molecule has 0 aliphatic rings. The highest BCUT2D eigenvalue weighted by molar-refractivity contribution is 7.92. The first-order valence-electron chi connectivity index (χ1n) is 7.85. The van der Waals surface area contributed by atoms with Gasteiger partial charge < -0.3 is 4.90 Å². The maximum Gasteiger partial charge on any atom is 0.233 e. The largest absolute Gasteiger partial charge is 0.341 e. The molecule has 6 heteroatoms. The smallest absolute Gasteiger partial charge is 0.233 e. The Kier molecular flexibility index (Phi) is 5.98. The van der Waals surface area contributed by atoms with Crippen molar-refractivity contribution in [2.75, 3.05) is 21.9 Å². The van der Waals surface area contributed by atoms with Crippen LogP contribution in [-0.2, 0) is 10.0 Å². The number of hydrogen-bond acceptors (Lipinski definition) is 4. The van der Waals surface area contributed by atoms with Crippen LogP contribution in [0.1, 0.15) is 26.7 Å². The highest BCUT2D eigenvalue weighted by Crippen LogP contribution is 2.24. The summed E-state index contributed by atoms with van der Waals surface area (Å²) in [7, 11) is -3.31. The minimum absolute atomic E-state index is 0.123. The average molecular weight is 333 g/mol. The summed E-state index contributed by atoms with van der Waals surface area (Å²) >= 11 is 0. The van der Waals surface area contributed by atoms with Gasteiger partial charge in [0.25, 0.3) is 0 Å². The van der Waals surface area contributed by atoms with Gasteiger partial charge in [-0.25, -0.2) is 13.4 Å². The zero-order chi connectivity index (χ0) is 16.7. The molecular formula is C17H23N3O2S. The molecule has 0 unspecified atom stereocenters. The van der Waals surface area contributed by atoms with Crippen LogP contribution in [0.15, 0.2) is 48.7 Å². The first-order valence-corrected chi connectivity index (χ1v) is 9.50. The second-order valence-corrected chi connectivity index (χ2v) is 7.10. The lowest BCUT2D eigenvalue weighted by molar-refractivity contribution is 0.597. The average Bonchev–Trinajstić information content (AvgIpc) is 2.56. The number of unbranched alkanes of at least 4 members (excludes halogenated alkanes) is 1. The quantitative estimate of drug-likeness (QED) is 0.798. The van der Waals surface area contributed by atoms with E-state index in [1.54, 1.807) is 12.3 Å². The molecule has 0 radical (unpaired) electrons. The number of para-hydroxylation sites is 1. The van der Waals surface area contributed by atoms with E-state index in [4.69, 9.17) is 0 Å². The third-order valence-electron chi connectivity index (χ3n) is 3.47. The van der Waals surface area contributed by atoms with E-state index in [0.717, 1.165) is 24.3 Å². The second-order valence-electron chi connectivity index (χ2n) is 5.26. The molecule has 0 atom stereocenters. The maximum atomic E-state index is 11.9. The number of hydrogen-bond donors (Lipinski definition) is 1. The van der Waals surface area contributed by atoms with Crippen molar-refractivity contribution in [3.05, 3.63) is 48.7 Å². The molecule has 23 heavy (non-hydrogen) atoms. The number of nitrogens with zero attached hydrogens (tertiary/aromatic N) is 2. The van der Waals surface area contributed by atoms with E-state index in [2.05, 4.69) is 21.5 Å². The van der Waals surface area contributed by atoms with E-state index >= 15 is 0 Å². The van der Waals surface area contributed by atoms with Crippen LogP contribution in [0.4, 0.5) is 17.2 Å². The summed E-state index contributed by atoms with van der Waals surface area (Å²) in [6.45, 7) is 4.83. The van der Waals surface area contributed by atoms with Crippen molar-refractivity contribution in [1.82, 2.24) is 4.98 Å². The minimum atomic E-state index is -3.31. The number of rotatable bonds is 8. The van der Waals surface area contributed by atoms with Crippen LogP contribution in [-0.4, -0.2) is 25.7 Å². The molecule has 1 N–H and O–H groups in total. The van der Waals surface area contributed by atoms with Crippen LogP contribution in [0.25, 0.3) is 0 Å². The third kappa shape index (κ3) is 4.96. The lowest BCUT2D eigenvalue weighted by atomic mass is 10.2. The second kappa shape index (κ2) is 7.97. The summed E-state index contributed by atoms with van der Waals surface area (Å²) in [6.07, 6.45) is 3.18. The Bertz CT molecular complexity index is 700. The molecule has 0 spiro atoms. The molecule has 124 valence electrons. The van der Waals surface area contributed by atoms with Crippen LogP contribution in [0.5, 0.6) is 0 Å². The molecule has 0 saturated heterocycles. The van der Waals surface area contributed by atoms with Gasteiger partial charge >= 0.3 is 0 Å². The van der Waals surface area contributed by atoms with Gasteiger partial charge in [0, 0.05) is 12.2 Å². The lowest BCUT2D eigenvalue weighted by Gasteiger charge is -2.23. The Hall–Kier alpha value is -2.08. The normalized spacial score (nSPS) is 11.2. The monoisotopic (exact) mass is 333 g/mol. The van der Waals surface area contributed by atoms with Crippen LogP contribution in [0.3, 0.4) is 0 Å². The standard InChI is InChI=1S/C17H23N3O2S/c1-3-5-13-23(21,22)19-17-12-11-16(14-18-17)20(4-2)15-9-7-6-8-10-15/h6-12,14H,3-5,13H2,1-2H3,(H,18,19). The summed E-state index contributed by atoms with van der Waals surface area (Å²) in [5, 5.41) is 0. The molecule has 0 saturated carbocycles. The topological polar surface area (TPSA) is 62.3 Å². The fraction of sp³-hybridized carbons (Fsp3) is 0.353. The number of anilines is 3. The maximum absolute atomic E-state index is 11.9. The SMILES string of the molecule is CCCCS(=O)(=O)Nc1ccc(N(CC)c2ccccc2)cn1. The van der Waals surface area contributed by atoms with Crippen molar-refractivity contribution in [1.29, 1.82) is 0 Å². The van der Waals surface area contributed by atoms with Gasteiger partial charge in [-0.2, -0.15) is 0 Å². The molecule has 5 nitrogen and oxygen atoms in total. The fourth-order valence-corrected chi connectivity index (χ4v) is 3.48. The highest BCUT2D eigenvalue weighted by atomic mass is 32.2. The van der Waals surface area contributed by atoms with Gasteiger partial charge in [-0.05, 0) is 37.6 Å². The summed E-state index contributed by atoms with van der Waals surface area (Å²) in [5.74, 6) is 0.479. The first-order chi connectivity index (χ1) is 11.1. The van der Waals surface area contributed by atoms with E-state index in [0.29, 0.717) is 12.2 Å². The molecule has 1 heterocycles. The summed E-state index contributed by atoms with van der Waals surface area (Å²) in [6, 6.07) is 13.6. The molecule has 0 amide bonds. The van der Waals surface area contributed by atoms with Gasteiger partial charge in [-0.3, -0.25) is 4.72 Å². The molecule has 0 aliphatic carbocycles. The van der Waals surface area contributed by atoms with E-state index in [1.807, 2.05) is 43.3 Å². The summed E-state index contributed by atoms with van der Waals surface area (Å²) < 4.78 is 26.3. The highest BCUT2D eigenvalue weighted by Gasteiger charge is 2.11. The lowest BCUT2D eigenvalue weighted by Crippen LogP contribution is -2.18. The number of pyridine rings is 1. The third-order valence-corrected chi connectivity index (χ3v) is 4.82. The summed E-state index contributed by atoms with van der Waals surface area (Å²) in [5.41, 5.74) is 2.00. The van der Waals surface area contributed by atoms with Gasteiger partial charge in [0.05, 0.1) is 17.6 Å². The Labute approximate surface area is 138 Å². The van der Waals surface area contributed by atoms with Gasteiger partial charge in [0.15, 0.2) is 0 Å². The van der Waals surface area contributed by atoms with Crippen LogP contribution in [0.2, 0.25) is 0 Å².